The Balaban J connectivity index is 0.954. The molecule has 3 nitrogen and oxygen atoms in total. The Bertz CT molecular complexity index is 3500. The van der Waals surface area contributed by atoms with Crippen molar-refractivity contribution in [2.45, 2.75) is 5.41 Å². The van der Waals surface area contributed by atoms with Crippen LogP contribution in [0.2, 0.25) is 0 Å². The van der Waals surface area contributed by atoms with Gasteiger partial charge in [0.1, 0.15) is 0 Å². The Morgan fingerprint density at radius 1 is 0.367 bits per heavy atom. The van der Waals surface area contributed by atoms with Crippen LogP contribution >= 0.6 is 0 Å². The maximum absolute atomic E-state index is 5.24. The Morgan fingerprint density at radius 3 is 1.83 bits per heavy atom. The zero-order valence-electron chi connectivity index (χ0n) is 32.5. The van der Waals surface area contributed by atoms with Crippen molar-refractivity contribution in [1.82, 2.24) is 14.5 Å². The molecule has 11 aromatic rings. The summed E-state index contributed by atoms with van der Waals surface area (Å²) < 4.78 is 2.39. The lowest BCUT2D eigenvalue weighted by atomic mass is 9.67. The van der Waals surface area contributed by atoms with E-state index in [1.807, 2.05) is 0 Å². The van der Waals surface area contributed by atoms with Gasteiger partial charge >= 0.3 is 0 Å². The molecule has 0 saturated carbocycles. The van der Waals surface area contributed by atoms with Crippen molar-refractivity contribution in [2.24, 2.45) is 0 Å². The molecule has 0 bridgehead atoms. The molecular weight excluding hydrogens is 727 g/mol. The van der Waals surface area contributed by atoms with E-state index in [2.05, 4.69) is 217 Å². The quantitative estimate of drug-likeness (QED) is 0.175. The van der Waals surface area contributed by atoms with Gasteiger partial charge in [0.05, 0.1) is 27.7 Å². The topological polar surface area (TPSA) is 30.7 Å². The van der Waals surface area contributed by atoms with Gasteiger partial charge in [-0.05, 0) is 98.1 Å². The van der Waals surface area contributed by atoms with Crippen molar-refractivity contribution in [3.63, 3.8) is 0 Å². The van der Waals surface area contributed by atoms with E-state index in [0.717, 1.165) is 44.7 Å². The summed E-state index contributed by atoms with van der Waals surface area (Å²) in [5.41, 5.74) is 19.7. The number of hydrogen-bond donors (Lipinski definition) is 0. The standard InChI is InChI=1S/C57H35N3/c1-3-16-39(17-4-1)57(40-18-5-2-6-19-40)49-26-11-9-22-43(49)47-34-36(29-31-50(47)57)37-30-32-53-48(35-37)44-23-10-12-28-52(44)60(53)41-20-13-15-38(33-41)56-58-51-27-14-25-45-42-21-7-8-24-46(42)55(59-56)54(45)51/h1-35H. The maximum Gasteiger partial charge on any atom is 0.160 e. The Hall–Kier alpha value is -7.88. The van der Waals surface area contributed by atoms with Crippen LogP contribution in [0.5, 0.6) is 0 Å². The van der Waals surface area contributed by atoms with Gasteiger partial charge in [-0.25, -0.2) is 9.97 Å². The molecule has 2 heterocycles. The van der Waals surface area contributed by atoms with Gasteiger partial charge in [0.25, 0.3) is 0 Å². The zero-order chi connectivity index (χ0) is 39.4. The molecular formula is C57H35N3. The van der Waals surface area contributed by atoms with Crippen molar-refractivity contribution < 1.29 is 0 Å². The molecule has 9 aromatic carbocycles. The third kappa shape index (κ3) is 4.54. The summed E-state index contributed by atoms with van der Waals surface area (Å²) >= 11 is 0. The monoisotopic (exact) mass is 761 g/mol. The molecule has 2 aromatic heterocycles. The maximum atomic E-state index is 5.24. The van der Waals surface area contributed by atoms with Gasteiger partial charge in [-0.2, -0.15) is 0 Å². The van der Waals surface area contributed by atoms with Crippen molar-refractivity contribution in [1.29, 1.82) is 0 Å². The van der Waals surface area contributed by atoms with Crippen molar-refractivity contribution in [3.05, 3.63) is 235 Å². The van der Waals surface area contributed by atoms with Crippen LogP contribution in [-0.4, -0.2) is 14.5 Å². The fourth-order valence-corrected chi connectivity index (χ4v) is 10.5. The van der Waals surface area contributed by atoms with Crippen LogP contribution in [0, 0.1) is 0 Å². The first-order valence-corrected chi connectivity index (χ1v) is 20.7. The van der Waals surface area contributed by atoms with Crippen LogP contribution in [0.3, 0.4) is 0 Å². The largest absolute Gasteiger partial charge is 0.309 e. The molecule has 0 radical (unpaired) electrons. The number of nitrogens with zero attached hydrogens (tertiary/aromatic N) is 3. The molecule has 278 valence electrons. The molecule has 0 spiro atoms. The van der Waals surface area contributed by atoms with Crippen molar-refractivity contribution in [2.75, 3.05) is 0 Å². The lowest BCUT2D eigenvalue weighted by molar-refractivity contribution is 0.768. The van der Waals surface area contributed by atoms with E-state index in [0.29, 0.717) is 0 Å². The summed E-state index contributed by atoms with van der Waals surface area (Å²) in [6.07, 6.45) is 0. The minimum Gasteiger partial charge on any atom is -0.309 e. The molecule has 2 aliphatic rings. The van der Waals surface area contributed by atoms with Gasteiger partial charge in [0.15, 0.2) is 5.82 Å². The van der Waals surface area contributed by atoms with Crippen LogP contribution < -0.4 is 0 Å². The average molecular weight is 762 g/mol. The van der Waals surface area contributed by atoms with E-state index in [1.54, 1.807) is 0 Å². The smallest absolute Gasteiger partial charge is 0.160 e. The highest BCUT2D eigenvalue weighted by Gasteiger charge is 2.46. The van der Waals surface area contributed by atoms with Gasteiger partial charge < -0.3 is 4.57 Å². The fraction of sp³-hybridized carbons (Fsp3) is 0.0175. The molecule has 0 N–H and O–H groups in total. The number of aromatic nitrogens is 3. The first kappa shape index (κ1) is 33.1. The van der Waals surface area contributed by atoms with Gasteiger partial charge in [-0.15, -0.1) is 0 Å². The number of rotatable bonds is 5. The molecule has 0 atom stereocenters. The second kappa shape index (κ2) is 12.6. The highest BCUT2D eigenvalue weighted by Crippen LogP contribution is 2.56. The molecule has 0 fully saturated rings. The van der Waals surface area contributed by atoms with Crippen molar-refractivity contribution in [3.8, 4) is 61.7 Å². The molecule has 2 aliphatic carbocycles. The van der Waals surface area contributed by atoms with Gasteiger partial charge in [0.2, 0.25) is 0 Å². The second-order valence-electron chi connectivity index (χ2n) is 16.1. The van der Waals surface area contributed by atoms with E-state index < -0.39 is 5.41 Å². The van der Waals surface area contributed by atoms with Crippen LogP contribution in [0.15, 0.2) is 212 Å². The summed E-state index contributed by atoms with van der Waals surface area (Å²) in [7, 11) is 0. The lowest BCUT2D eigenvalue weighted by Gasteiger charge is -2.33. The molecule has 3 heteroatoms. The third-order valence-corrected chi connectivity index (χ3v) is 13.0. The van der Waals surface area contributed by atoms with Gasteiger partial charge in [-0.1, -0.05) is 170 Å². The first-order chi connectivity index (χ1) is 29.8. The Labute approximate surface area is 347 Å². The highest BCUT2D eigenvalue weighted by molar-refractivity contribution is 6.13. The number of benzene rings is 9. The van der Waals surface area contributed by atoms with Crippen LogP contribution in [0.25, 0.3) is 94.4 Å². The molecule has 13 rings (SSSR count). The van der Waals surface area contributed by atoms with Crippen LogP contribution in [0.4, 0.5) is 0 Å². The summed E-state index contributed by atoms with van der Waals surface area (Å²) in [4.78, 5) is 10.4. The van der Waals surface area contributed by atoms with E-state index in [4.69, 9.17) is 9.97 Å². The number of fused-ring (bicyclic) bond motifs is 9. The number of hydrogen-bond acceptors (Lipinski definition) is 2. The minimum absolute atomic E-state index is 0.415. The summed E-state index contributed by atoms with van der Waals surface area (Å²) in [5, 5.41) is 3.57. The summed E-state index contributed by atoms with van der Waals surface area (Å²) in [5.74, 6) is 0.734. The zero-order valence-corrected chi connectivity index (χ0v) is 32.5. The van der Waals surface area contributed by atoms with E-state index in [9.17, 15) is 0 Å². The third-order valence-electron chi connectivity index (χ3n) is 13.0. The first-order valence-electron chi connectivity index (χ1n) is 20.7. The van der Waals surface area contributed by atoms with Gasteiger partial charge in [-0.3, -0.25) is 0 Å². The van der Waals surface area contributed by atoms with Crippen molar-refractivity contribution >= 4 is 32.7 Å². The average Bonchev–Trinajstić information content (AvgIpc) is 3.94. The Kier molecular flexibility index (Phi) is 6.93. The normalized spacial score (nSPS) is 13.1. The van der Waals surface area contributed by atoms with Crippen LogP contribution in [-0.2, 0) is 5.41 Å². The molecule has 0 saturated heterocycles. The highest BCUT2D eigenvalue weighted by atomic mass is 15.0. The van der Waals surface area contributed by atoms with E-state index in [-0.39, 0.29) is 0 Å². The lowest BCUT2D eigenvalue weighted by Crippen LogP contribution is -2.28. The minimum atomic E-state index is -0.415. The molecule has 0 amide bonds. The fourth-order valence-electron chi connectivity index (χ4n) is 10.5. The van der Waals surface area contributed by atoms with E-state index in [1.165, 1.54) is 72.0 Å². The Morgan fingerprint density at radius 2 is 1.00 bits per heavy atom. The van der Waals surface area contributed by atoms with Crippen LogP contribution in [0.1, 0.15) is 22.3 Å². The molecule has 60 heavy (non-hydrogen) atoms. The summed E-state index contributed by atoms with van der Waals surface area (Å²) in [6, 6.07) is 77.5. The SMILES string of the molecule is c1ccc(C2(c3ccccc3)c3ccccc3-c3cc(-c4ccc5c(c4)c4ccccc4n5-c4cccc(-c5nc6c7c(cccc7n5)-c5ccccc5-6)c4)ccc32)cc1. The predicted molar refractivity (Wildman–Crippen MR) is 246 cm³/mol. The van der Waals surface area contributed by atoms with Gasteiger partial charge in [0, 0.05) is 33.0 Å². The number of para-hydroxylation sites is 1. The molecule has 0 unspecified atom stereocenters. The summed E-state index contributed by atoms with van der Waals surface area (Å²) in [6.45, 7) is 0. The van der Waals surface area contributed by atoms with E-state index >= 15 is 0 Å². The predicted octanol–water partition coefficient (Wildman–Crippen LogP) is 14.1. The second-order valence-corrected chi connectivity index (χ2v) is 16.1. The molecule has 0 aliphatic heterocycles.